The van der Waals surface area contributed by atoms with Gasteiger partial charge in [0.2, 0.25) is 0 Å². The number of aromatic nitrogens is 1. The third kappa shape index (κ3) is 4.82. The van der Waals surface area contributed by atoms with Crippen molar-refractivity contribution in [1.29, 1.82) is 0 Å². The Bertz CT molecular complexity index is 869. The standard InChI is InChI=1S/C20H23NOS.CH2O2/c1-3-4-5-7-17-8-6-9-20-19(17)14-15-21(20)23(22)18-12-10-16(2)11-13-18;2-1-3/h6,8-15H,3-5,7H2,1-2H3;1H,(H,2,3). The number of unbranched alkanes of at least 4 members (excludes halogenated alkanes) is 2. The minimum atomic E-state index is -1.20. The topological polar surface area (TPSA) is 59.3 Å². The lowest BCUT2D eigenvalue weighted by Crippen LogP contribution is -2.03. The van der Waals surface area contributed by atoms with Gasteiger partial charge in [0.1, 0.15) is 0 Å². The zero-order valence-corrected chi connectivity index (χ0v) is 16.0. The zero-order valence-electron chi connectivity index (χ0n) is 15.2. The van der Waals surface area contributed by atoms with Crippen LogP contribution in [0.2, 0.25) is 0 Å². The second-order valence-electron chi connectivity index (χ2n) is 6.12. The number of hydrogen-bond acceptors (Lipinski definition) is 2. The average Bonchev–Trinajstić information content (AvgIpc) is 3.07. The summed E-state index contributed by atoms with van der Waals surface area (Å²) < 4.78 is 14.8. The predicted molar refractivity (Wildman–Crippen MR) is 107 cm³/mol. The van der Waals surface area contributed by atoms with Gasteiger partial charge < -0.3 is 5.11 Å². The molecule has 0 bridgehead atoms. The molecule has 3 rings (SSSR count). The molecule has 0 amide bonds. The average molecular weight is 372 g/mol. The summed E-state index contributed by atoms with van der Waals surface area (Å²) in [5, 5.41) is 8.11. The fraction of sp³-hybridized carbons (Fsp3) is 0.286. The lowest BCUT2D eigenvalue weighted by atomic mass is 10.0. The number of carbonyl (C=O) groups is 1. The first kappa shape index (κ1) is 19.9. The van der Waals surface area contributed by atoms with E-state index in [4.69, 9.17) is 9.90 Å². The van der Waals surface area contributed by atoms with Crippen molar-refractivity contribution in [3.05, 3.63) is 65.9 Å². The van der Waals surface area contributed by atoms with Gasteiger partial charge in [-0.3, -0.25) is 8.77 Å². The molecule has 0 aliphatic heterocycles. The minimum Gasteiger partial charge on any atom is -0.483 e. The van der Waals surface area contributed by atoms with Crippen LogP contribution in [0, 0.1) is 6.92 Å². The lowest BCUT2D eigenvalue weighted by molar-refractivity contribution is -0.122. The van der Waals surface area contributed by atoms with Crippen molar-refractivity contribution in [3.8, 4) is 0 Å². The van der Waals surface area contributed by atoms with Gasteiger partial charge in [-0.15, -0.1) is 0 Å². The van der Waals surface area contributed by atoms with Crippen molar-refractivity contribution in [2.24, 2.45) is 0 Å². The highest BCUT2D eigenvalue weighted by Gasteiger charge is 2.11. The minimum absolute atomic E-state index is 0.250. The van der Waals surface area contributed by atoms with Crippen LogP contribution in [0.3, 0.4) is 0 Å². The van der Waals surface area contributed by atoms with Crippen molar-refractivity contribution < 1.29 is 14.1 Å². The molecule has 0 aliphatic rings. The first-order valence-electron chi connectivity index (χ1n) is 8.78. The number of nitrogens with zero attached hydrogens (tertiary/aromatic N) is 1. The van der Waals surface area contributed by atoms with E-state index in [2.05, 4.69) is 31.2 Å². The maximum absolute atomic E-state index is 12.9. The van der Waals surface area contributed by atoms with Crippen LogP contribution >= 0.6 is 0 Å². The second kappa shape index (κ2) is 9.92. The number of benzene rings is 2. The van der Waals surface area contributed by atoms with Gasteiger partial charge in [-0.25, -0.2) is 4.21 Å². The molecule has 0 saturated carbocycles. The first-order valence-corrected chi connectivity index (χ1v) is 9.88. The summed E-state index contributed by atoms with van der Waals surface area (Å²) in [4.78, 5) is 9.20. The Morgan fingerprint density at radius 2 is 1.77 bits per heavy atom. The van der Waals surface area contributed by atoms with E-state index in [9.17, 15) is 4.21 Å². The monoisotopic (exact) mass is 371 g/mol. The van der Waals surface area contributed by atoms with Crippen molar-refractivity contribution in [1.82, 2.24) is 3.97 Å². The second-order valence-corrected chi connectivity index (χ2v) is 7.48. The van der Waals surface area contributed by atoms with Crippen LogP contribution in [0.4, 0.5) is 0 Å². The predicted octanol–water partition coefficient (Wildman–Crippen LogP) is 4.95. The number of hydrogen-bond donors (Lipinski definition) is 1. The van der Waals surface area contributed by atoms with Crippen molar-refractivity contribution >= 4 is 28.4 Å². The van der Waals surface area contributed by atoms with Crippen molar-refractivity contribution in [2.45, 2.75) is 44.4 Å². The Labute approximate surface area is 157 Å². The maximum atomic E-state index is 12.9. The molecular weight excluding hydrogens is 346 g/mol. The number of rotatable bonds is 6. The molecule has 1 unspecified atom stereocenters. The highest BCUT2D eigenvalue weighted by molar-refractivity contribution is 7.83. The molecular formula is C21H25NO3S. The summed E-state index contributed by atoms with van der Waals surface area (Å²) in [5.74, 6) is 0. The lowest BCUT2D eigenvalue weighted by Gasteiger charge is -2.07. The van der Waals surface area contributed by atoms with Crippen LogP contribution < -0.4 is 0 Å². The summed E-state index contributed by atoms with van der Waals surface area (Å²) >= 11 is 0. The first-order chi connectivity index (χ1) is 12.6. The Hall–Kier alpha value is -2.40. The van der Waals surface area contributed by atoms with Crippen LogP contribution in [0.25, 0.3) is 10.9 Å². The van der Waals surface area contributed by atoms with E-state index in [0.29, 0.717) is 0 Å². The summed E-state index contributed by atoms with van der Waals surface area (Å²) in [7, 11) is -1.20. The normalized spacial score (nSPS) is 11.6. The van der Waals surface area contributed by atoms with Gasteiger partial charge in [0, 0.05) is 11.6 Å². The number of carboxylic acid groups (broad SMARTS) is 1. The molecule has 1 aromatic heterocycles. The molecule has 5 heteroatoms. The molecule has 2 aromatic carbocycles. The number of aryl methyl sites for hydroxylation is 2. The maximum Gasteiger partial charge on any atom is 0.290 e. The quantitative estimate of drug-likeness (QED) is 0.492. The number of fused-ring (bicyclic) bond motifs is 1. The summed E-state index contributed by atoms with van der Waals surface area (Å²) in [6, 6.07) is 16.3. The molecule has 0 radical (unpaired) electrons. The van der Waals surface area contributed by atoms with E-state index in [1.807, 2.05) is 41.4 Å². The molecule has 0 fully saturated rings. The molecule has 0 aliphatic carbocycles. The van der Waals surface area contributed by atoms with E-state index in [-0.39, 0.29) is 6.47 Å². The Morgan fingerprint density at radius 3 is 2.42 bits per heavy atom. The molecule has 4 nitrogen and oxygen atoms in total. The van der Waals surface area contributed by atoms with Gasteiger partial charge in [-0.1, -0.05) is 49.6 Å². The molecule has 138 valence electrons. The Morgan fingerprint density at radius 1 is 1.08 bits per heavy atom. The van der Waals surface area contributed by atoms with E-state index in [1.165, 1.54) is 35.8 Å². The van der Waals surface area contributed by atoms with E-state index >= 15 is 0 Å². The molecule has 26 heavy (non-hydrogen) atoms. The third-order valence-corrected chi connectivity index (χ3v) is 5.59. The zero-order chi connectivity index (χ0) is 18.9. The van der Waals surface area contributed by atoms with Gasteiger partial charge in [0.15, 0.2) is 11.0 Å². The fourth-order valence-electron chi connectivity index (χ4n) is 2.90. The van der Waals surface area contributed by atoms with Crippen LogP contribution in [0.1, 0.15) is 37.3 Å². The summed E-state index contributed by atoms with van der Waals surface area (Å²) in [5.41, 5.74) is 3.59. The molecule has 3 aromatic rings. The van der Waals surface area contributed by atoms with Crippen LogP contribution in [0.5, 0.6) is 0 Å². The molecule has 1 heterocycles. The van der Waals surface area contributed by atoms with Gasteiger partial charge >= 0.3 is 0 Å². The van der Waals surface area contributed by atoms with Gasteiger partial charge in [0.05, 0.1) is 10.4 Å². The molecule has 0 spiro atoms. The molecule has 0 saturated heterocycles. The summed E-state index contributed by atoms with van der Waals surface area (Å²) in [6.07, 6.45) is 6.74. The van der Waals surface area contributed by atoms with E-state index < -0.39 is 11.0 Å². The van der Waals surface area contributed by atoms with E-state index in [0.717, 1.165) is 16.8 Å². The third-order valence-electron chi connectivity index (χ3n) is 4.24. The molecule has 1 N–H and O–H groups in total. The van der Waals surface area contributed by atoms with E-state index in [1.54, 1.807) is 0 Å². The van der Waals surface area contributed by atoms with Crippen LogP contribution in [-0.2, 0) is 22.2 Å². The largest absolute Gasteiger partial charge is 0.483 e. The SMILES string of the molecule is CCCCCc1cccc2c1ccn2S(=O)c1ccc(C)cc1.O=CO. The smallest absolute Gasteiger partial charge is 0.290 e. The molecule has 1 atom stereocenters. The van der Waals surface area contributed by atoms with Crippen LogP contribution in [-0.4, -0.2) is 19.8 Å². The van der Waals surface area contributed by atoms with Crippen molar-refractivity contribution in [3.63, 3.8) is 0 Å². The van der Waals surface area contributed by atoms with Crippen LogP contribution in [0.15, 0.2) is 59.6 Å². The summed E-state index contributed by atoms with van der Waals surface area (Å²) in [6.45, 7) is 4.02. The van der Waals surface area contributed by atoms with Gasteiger partial charge in [0.25, 0.3) is 6.47 Å². The fourth-order valence-corrected chi connectivity index (χ4v) is 4.01. The highest BCUT2D eigenvalue weighted by Crippen LogP contribution is 2.24. The van der Waals surface area contributed by atoms with Gasteiger partial charge in [-0.2, -0.15) is 0 Å². The van der Waals surface area contributed by atoms with Crippen molar-refractivity contribution in [2.75, 3.05) is 0 Å². The Kier molecular flexibility index (Phi) is 7.60. The highest BCUT2D eigenvalue weighted by atomic mass is 32.2. The van der Waals surface area contributed by atoms with Gasteiger partial charge in [-0.05, 0) is 49.6 Å². The Balaban J connectivity index is 0.000000758.